The van der Waals surface area contributed by atoms with Crippen LogP contribution in [0.3, 0.4) is 0 Å². The van der Waals surface area contributed by atoms with Gasteiger partial charge in [0.25, 0.3) is 0 Å². The van der Waals surface area contributed by atoms with E-state index in [1.165, 1.54) is 18.7 Å². The molecule has 2 aromatic carbocycles. The third-order valence-electron chi connectivity index (χ3n) is 3.15. The van der Waals surface area contributed by atoms with Crippen molar-refractivity contribution >= 4 is 34.3 Å². The summed E-state index contributed by atoms with van der Waals surface area (Å²) in [5.74, 6) is -1.17. The van der Waals surface area contributed by atoms with Crippen LogP contribution in [-0.4, -0.2) is 27.7 Å². The van der Waals surface area contributed by atoms with Crippen molar-refractivity contribution in [2.75, 3.05) is 5.75 Å². The summed E-state index contributed by atoms with van der Waals surface area (Å²) in [6.07, 6.45) is 0.0593. The number of Topliss-reactive ketones (excluding diaryl/α,β-unsaturated/α-hetero) is 1. The molecule has 0 radical (unpaired) electrons. The number of carboxylic acids is 1. The number of aliphatic carboxylic acids is 1. The summed E-state index contributed by atoms with van der Waals surface area (Å²) in [7, 11) is 0. The first kappa shape index (κ1) is 15.4. The Morgan fingerprint density at radius 1 is 1.14 bits per heavy atom. The molecule has 0 spiro atoms. The second kappa shape index (κ2) is 6.63. The van der Waals surface area contributed by atoms with Crippen molar-refractivity contribution in [3.8, 4) is 5.75 Å². The molecule has 21 heavy (non-hydrogen) atoms. The lowest BCUT2D eigenvalue weighted by Crippen LogP contribution is -2.15. The average molecular weight is 304 g/mol. The zero-order valence-electron chi connectivity index (χ0n) is 11.6. The zero-order chi connectivity index (χ0) is 15.4. The van der Waals surface area contributed by atoms with Crippen molar-refractivity contribution in [3.05, 3.63) is 36.4 Å². The molecule has 5 heteroatoms. The predicted molar refractivity (Wildman–Crippen MR) is 82.8 cm³/mol. The van der Waals surface area contributed by atoms with Gasteiger partial charge in [0.15, 0.2) is 0 Å². The Hall–Kier alpha value is -2.01. The number of hydrogen-bond donors (Lipinski definition) is 2. The SMILES string of the molecule is CC(CC(=O)CSc1ccc2cc(O)ccc2c1)C(=O)O. The van der Waals surface area contributed by atoms with Crippen LogP contribution >= 0.6 is 11.8 Å². The summed E-state index contributed by atoms with van der Waals surface area (Å²) in [4.78, 5) is 23.4. The number of hydrogen-bond acceptors (Lipinski definition) is 4. The first-order chi connectivity index (χ1) is 9.95. The molecule has 0 saturated carbocycles. The van der Waals surface area contributed by atoms with Crippen LogP contribution in [0.15, 0.2) is 41.3 Å². The number of phenolic OH excluding ortho intramolecular Hbond substituents is 1. The van der Waals surface area contributed by atoms with Crippen LogP contribution in [0.1, 0.15) is 13.3 Å². The standard InChI is InChI=1S/C16H16O4S/c1-10(16(19)20)6-14(18)9-21-15-5-3-11-7-13(17)4-2-12(11)8-15/h2-5,7-8,10,17H,6,9H2,1H3,(H,19,20). The number of benzene rings is 2. The molecule has 0 aliphatic rings. The number of carboxylic acid groups (broad SMARTS) is 1. The summed E-state index contributed by atoms with van der Waals surface area (Å²) < 4.78 is 0. The number of ketones is 1. The summed E-state index contributed by atoms with van der Waals surface area (Å²) in [5, 5.41) is 20.1. The van der Waals surface area contributed by atoms with Crippen molar-refractivity contribution in [1.29, 1.82) is 0 Å². The van der Waals surface area contributed by atoms with Crippen LogP contribution < -0.4 is 0 Å². The van der Waals surface area contributed by atoms with E-state index >= 15 is 0 Å². The maximum absolute atomic E-state index is 11.7. The van der Waals surface area contributed by atoms with E-state index in [0.29, 0.717) is 0 Å². The van der Waals surface area contributed by atoms with Crippen LogP contribution in [0.2, 0.25) is 0 Å². The predicted octanol–water partition coefficient (Wildman–Crippen LogP) is 3.32. The molecule has 0 aliphatic heterocycles. The molecule has 0 aromatic heterocycles. The van der Waals surface area contributed by atoms with Crippen LogP contribution in [-0.2, 0) is 9.59 Å². The van der Waals surface area contributed by atoms with Gasteiger partial charge in [0.1, 0.15) is 11.5 Å². The lowest BCUT2D eigenvalue weighted by molar-refractivity contribution is -0.142. The molecule has 4 nitrogen and oxygen atoms in total. The highest BCUT2D eigenvalue weighted by molar-refractivity contribution is 8.00. The summed E-state index contributed by atoms with van der Waals surface area (Å²) in [5.41, 5.74) is 0. The van der Waals surface area contributed by atoms with E-state index in [1.807, 2.05) is 24.3 Å². The number of thioether (sulfide) groups is 1. The fraction of sp³-hybridized carbons (Fsp3) is 0.250. The number of phenols is 1. The highest BCUT2D eigenvalue weighted by atomic mass is 32.2. The Balaban J connectivity index is 1.99. The van der Waals surface area contributed by atoms with Crippen molar-refractivity contribution in [2.45, 2.75) is 18.2 Å². The summed E-state index contributed by atoms with van der Waals surface area (Å²) >= 11 is 1.40. The minimum Gasteiger partial charge on any atom is -0.508 e. The molecular weight excluding hydrogens is 288 g/mol. The van der Waals surface area contributed by atoms with Crippen LogP contribution in [0.4, 0.5) is 0 Å². The van der Waals surface area contributed by atoms with Crippen molar-refractivity contribution < 1.29 is 19.8 Å². The van der Waals surface area contributed by atoms with Crippen LogP contribution in [0, 0.1) is 5.92 Å². The van der Waals surface area contributed by atoms with Crippen molar-refractivity contribution in [2.24, 2.45) is 5.92 Å². The monoisotopic (exact) mass is 304 g/mol. The molecule has 0 amide bonds. The summed E-state index contributed by atoms with van der Waals surface area (Å²) in [6, 6.07) is 10.9. The third kappa shape index (κ3) is 4.23. The zero-order valence-corrected chi connectivity index (χ0v) is 12.4. The minimum absolute atomic E-state index is 0.0593. The molecule has 2 N–H and O–H groups in total. The van der Waals surface area contributed by atoms with Crippen molar-refractivity contribution in [3.63, 3.8) is 0 Å². The van der Waals surface area contributed by atoms with Crippen LogP contribution in [0.5, 0.6) is 5.75 Å². The molecule has 0 aliphatic carbocycles. The van der Waals surface area contributed by atoms with Gasteiger partial charge in [-0.2, -0.15) is 0 Å². The van der Waals surface area contributed by atoms with Gasteiger partial charge in [0.05, 0.1) is 11.7 Å². The van der Waals surface area contributed by atoms with E-state index in [2.05, 4.69) is 0 Å². The maximum atomic E-state index is 11.7. The molecule has 0 bridgehead atoms. The second-order valence-electron chi connectivity index (χ2n) is 4.96. The highest BCUT2D eigenvalue weighted by Crippen LogP contribution is 2.26. The normalized spacial score (nSPS) is 12.2. The number of carbonyl (C=O) groups excluding carboxylic acids is 1. The molecule has 2 aromatic rings. The lowest BCUT2D eigenvalue weighted by atomic mass is 10.1. The molecule has 0 heterocycles. The van der Waals surface area contributed by atoms with Crippen molar-refractivity contribution in [1.82, 2.24) is 0 Å². The number of aromatic hydroxyl groups is 1. The first-order valence-electron chi connectivity index (χ1n) is 6.56. The Bertz CT molecular complexity index is 681. The maximum Gasteiger partial charge on any atom is 0.306 e. The first-order valence-corrected chi connectivity index (χ1v) is 7.54. The van der Waals surface area contributed by atoms with E-state index in [-0.39, 0.29) is 23.7 Å². The van der Waals surface area contributed by atoms with Gasteiger partial charge in [-0.15, -0.1) is 11.8 Å². The van der Waals surface area contributed by atoms with Gasteiger partial charge in [-0.3, -0.25) is 9.59 Å². The minimum atomic E-state index is -0.945. The number of fused-ring (bicyclic) bond motifs is 1. The van der Waals surface area contributed by atoms with Gasteiger partial charge < -0.3 is 10.2 Å². The quantitative estimate of drug-likeness (QED) is 0.801. The van der Waals surface area contributed by atoms with E-state index in [9.17, 15) is 14.7 Å². The number of carbonyl (C=O) groups is 2. The lowest BCUT2D eigenvalue weighted by Gasteiger charge is -2.06. The van der Waals surface area contributed by atoms with Gasteiger partial charge in [-0.25, -0.2) is 0 Å². The van der Waals surface area contributed by atoms with Gasteiger partial charge >= 0.3 is 5.97 Å². The molecular formula is C16H16O4S. The fourth-order valence-electron chi connectivity index (χ4n) is 1.95. The summed E-state index contributed by atoms with van der Waals surface area (Å²) in [6.45, 7) is 1.54. The van der Waals surface area contributed by atoms with E-state index in [1.54, 1.807) is 12.1 Å². The fourth-order valence-corrected chi connectivity index (χ4v) is 2.77. The van der Waals surface area contributed by atoms with E-state index in [4.69, 9.17) is 5.11 Å². The number of rotatable bonds is 6. The van der Waals surface area contributed by atoms with Gasteiger partial charge in [0, 0.05) is 11.3 Å². The average Bonchev–Trinajstić information content (AvgIpc) is 2.44. The highest BCUT2D eigenvalue weighted by Gasteiger charge is 2.15. The Kier molecular flexibility index (Phi) is 4.85. The van der Waals surface area contributed by atoms with E-state index in [0.717, 1.165) is 15.7 Å². The second-order valence-corrected chi connectivity index (χ2v) is 6.01. The molecule has 110 valence electrons. The molecule has 1 unspecified atom stereocenters. The largest absolute Gasteiger partial charge is 0.508 e. The van der Waals surface area contributed by atoms with Gasteiger partial charge in [-0.05, 0) is 35.0 Å². The Morgan fingerprint density at radius 3 is 2.52 bits per heavy atom. The Morgan fingerprint density at radius 2 is 1.81 bits per heavy atom. The topological polar surface area (TPSA) is 74.6 Å². The van der Waals surface area contributed by atoms with Crippen LogP contribution in [0.25, 0.3) is 10.8 Å². The van der Waals surface area contributed by atoms with Gasteiger partial charge in [-0.1, -0.05) is 19.1 Å². The molecule has 1 atom stereocenters. The molecule has 0 saturated heterocycles. The Labute approximate surface area is 126 Å². The van der Waals surface area contributed by atoms with E-state index < -0.39 is 11.9 Å². The smallest absolute Gasteiger partial charge is 0.306 e. The van der Waals surface area contributed by atoms with Gasteiger partial charge in [0.2, 0.25) is 0 Å². The molecule has 2 rings (SSSR count). The third-order valence-corrected chi connectivity index (χ3v) is 4.20. The molecule has 0 fully saturated rings.